The highest BCUT2D eigenvalue weighted by Gasteiger charge is 2.11. The Labute approximate surface area is 91.2 Å². The molecule has 0 rings (SSSR count). The van der Waals surface area contributed by atoms with Crippen LogP contribution in [0, 0.1) is 0 Å². The van der Waals surface area contributed by atoms with E-state index in [0.717, 1.165) is 25.8 Å². The fourth-order valence-electron chi connectivity index (χ4n) is 1.09. The van der Waals surface area contributed by atoms with Crippen molar-refractivity contribution < 1.29 is 4.79 Å². The third kappa shape index (κ3) is 6.27. The molecular weight excluding hydrogens is 196 g/mol. The number of rotatable bonds is 7. The second kappa shape index (κ2) is 8.12. The lowest BCUT2D eigenvalue weighted by Crippen LogP contribution is -2.41. The minimum atomic E-state index is -0.329. The third-order valence-electron chi connectivity index (χ3n) is 2.19. The van der Waals surface area contributed by atoms with Crippen LogP contribution >= 0.6 is 11.8 Å². The van der Waals surface area contributed by atoms with E-state index in [1.165, 1.54) is 0 Å². The van der Waals surface area contributed by atoms with Crippen molar-refractivity contribution in [2.45, 2.75) is 44.4 Å². The summed E-state index contributed by atoms with van der Waals surface area (Å²) in [5.41, 5.74) is 5.66. The van der Waals surface area contributed by atoms with Gasteiger partial charge in [0.2, 0.25) is 5.91 Å². The second-order valence-corrected chi connectivity index (χ2v) is 4.80. The van der Waals surface area contributed by atoms with Crippen LogP contribution in [0.25, 0.3) is 0 Å². The lowest BCUT2D eigenvalue weighted by molar-refractivity contribution is -0.122. The van der Waals surface area contributed by atoms with Crippen molar-refractivity contribution in [3.63, 3.8) is 0 Å². The van der Waals surface area contributed by atoms with Crippen molar-refractivity contribution >= 4 is 17.7 Å². The molecular formula is C10H22N2OS. The molecule has 0 radical (unpaired) electrons. The van der Waals surface area contributed by atoms with E-state index in [-0.39, 0.29) is 11.9 Å². The predicted molar refractivity (Wildman–Crippen MR) is 63.5 cm³/mol. The fraction of sp³-hybridized carbons (Fsp3) is 0.900. The summed E-state index contributed by atoms with van der Waals surface area (Å²) in [5, 5.41) is 3.45. The van der Waals surface area contributed by atoms with Crippen LogP contribution in [0.4, 0.5) is 0 Å². The summed E-state index contributed by atoms with van der Waals surface area (Å²) in [6, 6.07) is -0.329. The smallest absolute Gasteiger partial charge is 0.236 e. The summed E-state index contributed by atoms with van der Waals surface area (Å²) in [6.07, 6.45) is 4.81. The van der Waals surface area contributed by atoms with E-state index < -0.39 is 0 Å². The van der Waals surface area contributed by atoms with E-state index in [4.69, 9.17) is 5.73 Å². The first-order chi connectivity index (χ1) is 6.61. The van der Waals surface area contributed by atoms with Crippen LogP contribution in [-0.2, 0) is 4.79 Å². The fourth-order valence-corrected chi connectivity index (χ4v) is 1.44. The van der Waals surface area contributed by atoms with E-state index in [9.17, 15) is 4.79 Å². The molecule has 0 bridgehead atoms. The average Bonchev–Trinajstić information content (AvgIpc) is 2.17. The Morgan fingerprint density at radius 1 is 1.50 bits per heavy atom. The Balaban J connectivity index is 3.53. The van der Waals surface area contributed by atoms with Gasteiger partial charge in [-0.1, -0.05) is 20.3 Å². The van der Waals surface area contributed by atoms with Crippen LogP contribution in [0.1, 0.15) is 33.1 Å². The first kappa shape index (κ1) is 13.8. The van der Waals surface area contributed by atoms with Gasteiger partial charge in [0.25, 0.3) is 0 Å². The minimum Gasteiger partial charge on any atom is -0.355 e. The molecule has 3 N–H and O–H groups in total. The molecule has 0 heterocycles. The molecule has 0 saturated heterocycles. The van der Waals surface area contributed by atoms with E-state index in [2.05, 4.69) is 18.5 Å². The van der Waals surface area contributed by atoms with E-state index in [1.54, 1.807) is 0 Å². The Hall–Kier alpha value is -0.220. The summed E-state index contributed by atoms with van der Waals surface area (Å²) >= 11 is 1.81. The number of carbonyl (C=O) groups is 1. The van der Waals surface area contributed by atoms with Crippen LogP contribution < -0.4 is 11.1 Å². The van der Waals surface area contributed by atoms with Gasteiger partial charge < -0.3 is 11.1 Å². The summed E-state index contributed by atoms with van der Waals surface area (Å²) in [6.45, 7) is 4.92. The molecule has 0 aliphatic rings. The first-order valence-electron chi connectivity index (χ1n) is 5.17. The summed E-state index contributed by atoms with van der Waals surface area (Å²) in [5.74, 6) is -0.0137. The molecule has 4 heteroatoms. The predicted octanol–water partition coefficient (Wildman–Crippen LogP) is 1.37. The SMILES string of the molecule is CCC[C@H](N)C(=O)NCCC(C)SC. The van der Waals surface area contributed by atoms with Gasteiger partial charge in [-0.2, -0.15) is 11.8 Å². The summed E-state index contributed by atoms with van der Waals surface area (Å²) < 4.78 is 0. The molecule has 84 valence electrons. The van der Waals surface area contributed by atoms with E-state index in [1.807, 2.05) is 18.7 Å². The van der Waals surface area contributed by atoms with Gasteiger partial charge in [0.1, 0.15) is 0 Å². The number of carbonyl (C=O) groups excluding carboxylic acids is 1. The number of hydrogen-bond donors (Lipinski definition) is 2. The van der Waals surface area contributed by atoms with Gasteiger partial charge in [0.05, 0.1) is 6.04 Å². The molecule has 0 aromatic carbocycles. The van der Waals surface area contributed by atoms with Gasteiger partial charge in [-0.05, 0) is 19.1 Å². The van der Waals surface area contributed by atoms with Crippen LogP contribution in [0.15, 0.2) is 0 Å². The highest BCUT2D eigenvalue weighted by Crippen LogP contribution is 2.07. The average molecular weight is 218 g/mol. The summed E-state index contributed by atoms with van der Waals surface area (Å²) in [7, 11) is 0. The van der Waals surface area contributed by atoms with Crippen LogP contribution in [-0.4, -0.2) is 30.0 Å². The molecule has 0 aliphatic heterocycles. The van der Waals surface area contributed by atoms with Gasteiger partial charge in [-0.25, -0.2) is 0 Å². The standard InChI is InChI=1S/C10H22N2OS/c1-4-5-9(11)10(13)12-7-6-8(2)14-3/h8-9H,4-7,11H2,1-3H3,(H,12,13)/t8?,9-/m0/s1. The highest BCUT2D eigenvalue weighted by atomic mass is 32.2. The lowest BCUT2D eigenvalue weighted by Gasteiger charge is -2.12. The topological polar surface area (TPSA) is 55.1 Å². The maximum atomic E-state index is 11.4. The molecule has 1 amide bonds. The monoisotopic (exact) mass is 218 g/mol. The molecule has 0 aliphatic carbocycles. The van der Waals surface area contributed by atoms with Crippen molar-refractivity contribution in [2.75, 3.05) is 12.8 Å². The normalized spacial score (nSPS) is 14.9. The van der Waals surface area contributed by atoms with Crippen LogP contribution in [0.5, 0.6) is 0 Å². The minimum absolute atomic E-state index is 0.0137. The van der Waals surface area contributed by atoms with Crippen molar-refractivity contribution in [1.29, 1.82) is 0 Å². The zero-order valence-electron chi connectivity index (χ0n) is 9.38. The largest absolute Gasteiger partial charge is 0.355 e. The lowest BCUT2D eigenvalue weighted by atomic mass is 10.1. The van der Waals surface area contributed by atoms with Crippen LogP contribution in [0.2, 0.25) is 0 Å². The van der Waals surface area contributed by atoms with Gasteiger partial charge in [-0.3, -0.25) is 4.79 Å². The van der Waals surface area contributed by atoms with Gasteiger partial charge in [0, 0.05) is 11.8 Å². The molecule has 14 heavy (non-hydrogen) atoms. The number of thioether (sulfide) groups is 1. The molecule has 0 fully saturated rings. The quantitative estimate of drug-likeness (QED) is 0.678. The molecule has 3 nitrogen and oxygen atoms in total. The van der Waals surface area contributed by atoms with Gasteiger partial charge in [-0.15, -0.1) is 0 Å². The molecule has 0 aromatic rings. The second-order valence-electron chi connectivity index (χ2n) is 3.52. The third-order valence-corrected chi connectivity index (χ3v) is 3.23. The highest BCUT2D eigenvalue weighted by molar-refractivity contribution is 7.99. The maximum Gasteiger partial charge on any atom is 0.236 e. The van der Waals surface area contributed by atoms with E-state index in [0.29, 0.717) is 5.25 Å². The van der Waals surface area contributed by atoms with Crippen molar-refractivity contribution in [3.8, 4) is 0 Å². The number of nitrogens with two attached hydrogens (primary N) is 1. The molecule has 0 saturated carbocycles. The van der Waals surface area contributed by atoms with Crippen molar-refractivity contribution in [2.24, 2.45) is 5.73 Å². The number of amides is 1. The Bertz CT molecular complexity index is 164. The Kier molecular flexibility index (Phi) is 7.99. The zero-order valence-corrected chi connectivity index (χ0v) is 10.2. The number of nitrogens with one attached hydrogen (secondary N) is 1. The molecule has 2 atom stereocenters. The first-order valence-corrected chi connectivity index (χ1v) is 6.46. The van der Waals surface area contributed by atoms with Gasteiger partial charge in [0.15, 0.2) is 0 Å². The molecule has 0 spiro atoms. The molecule has 1 unspecified atom stereocenters. The number of hydrogen-bond acceptors (Lipinski definition) is 3. The zero-order chi connectivity index (χ0) is 11.0. The molecule has 0 aromatic heterocycles. The Morgan fingerprint density at radius 3 is 2.64 bits per heavy atom. The van der Waals surface area contributed by atoms with Crippen molar-refractivity contribution in [1.82, 2.24) is 5.32 Å². The summed E-state index contributed by atoms with van der Waals surface area (Å²) in [4.78, 5) is 11.4. The van der Waals surface area contributed by atoms with Crippen molar-refractivity contribution in [3.05, 3.63) is 0 Å². The van der Waals surface area contributed by atoms with Gasteiger partial charge >= 0.3 is 0 Å². The van der Waals surface area contributed by atoms with Crippen LogP contribution in [0.3, 0.4) is 0 Å². The van der Waals surface area contributed by atoms with E-state index >= 15 is 0 Å². The maximum absolute atomic E-state index is 11.4. The Morgan fingerprint density at radius 2 is 2.14 bits per heavy atom.